The molecule has 5 aliphatic rings. The summed E-state index contributed by atoms with van der Waals surface area (Å²) >= 11 is 0. The van der Waals surface area contributed by atoms with E-state index in [1.165, 1.54) is 55.1 Å². The molecule has 7 atom stereocenters. The Morgan fingerprint density at radius 1 is 0.585 bits per heavy atom. The van der Waals surface area contributed by atoms with Crippen molar-refractivity contribution in [3.8, 4) is 0 Å². The van der Waals surface area contributed by atoms with Crippen LogP contribution in [0.2, 0.25) is 0 Å². The minimum atomic E-state index is 0.168. The maximum absolute atomic E-state index is 4.05. The summed E-state index contributed by atoms with van der Waals surface area (Å²) < 4.78 is 0. The second-order valence-electron chi connectivity index (χ2n) is 15.3. The summed E-state index contributed by atoms with van der Waals surface area (Å²) in [5.41, 5.74) is 12.2. The van der Waals surface area contributed by atoms with Gasteiger partial charge in [-0.15, -0.1) is 0 Å². The van der Waals surface area contributed by atoms with E-state index >= 15 is 0 Å². The second kappa shape index (κ2) is 13.6. The van der Waals surface area contributed by atoms with Gasteiger partial charge in [-0.3, -0.25) is 0 Å². The SMILES string of the molecule is C1=CC(Nc2ccc(C3CC(c4ccccc4)C=C(C4CC=Cc5ccccc54)N3)cc2)C(C2C=c3ccccc3=C3C=Cc4ccccc4C32)C=C1. The zero-order valence-corrected chi connectivity index (χ0v) is 29.9. The summed E-state index contributed by atoms with van der Waals surface area (Å²) in [6.07, 6.45) is 25.6. The zero-order valence-electron chi connectivity index (χ0n) is 29.9. The topological polar surface area (TPSA) is 24.1 Å². The van der Waals surface area contributed by atoms with Crippen LogP contribution in [0.4, 0.5) is 5.69 Å². The standard InChI is InChI=1S/C51H44N2/c1-2-13-34(14-3-1)39-32-49(53-50(33-39)44-23-12-18-35-15-4-7-19-41(35)44)37-25-28-40(29-26-37)52-48-24-11-10-22-45(48)47-31-38-17-6-8-20-42(38)46-30-27-36-16-5-9-21-43(36)51(46)47/h1-22,24-31,33,39,44-45,47-49,51-53H,23,32H2. The largest absolute Gasteiger partial charge is 0.381 e. The molecule has 1 aliphatic heterocycles. The lowest BCUT2D eigenvalue weighted by molar-refractivity contribution is 0.437. The van der Waals surface area contributed by atoms with Gasteiger partial charge in [0.2, 0.25) is 0 Å². The molecule has 0 saturated heterocycles. The van der Waals surface area contributed by atoms with Gasteiger partial charge in [0.15, 0.2) is 0 Å². The molecule has 2 heteroatoms. The normalized spacial score (nSPS) is 26.2. The summed E-state index contributed by atoms with van der Waals surface area (Å²) in [7, 11) is 0. The highest BCUT2D eigenvalue weighted by molar-refractivity contribution is 5.81. The van der Waals surface area contributed by atoms with Crippen molar-refractivity contribution in [2.24, 2.45) is 11.8 Å². The number of allylic oxidation sites excluding steroid dienone is 6. The molecular formula is C51H44N2. The molecule has 7 unspecified atom stereocenters. The minimum Gasteiger partial charge on any atom is -0.381 e. The van der Waals surface area contributed by atoms with Gasteiger partial charge < -0.3 is 10.6 Å². The highest BCUT2D eigenvalue weighted by atomic mass is 15.0. The average molecular weight is 685 g/mol. The Kier molecular flexibility index (Phi) is 8.17. The summed E-state index contributed by atoms with van der Waals surface area (Å²) in [5, 5.41) is 10.7. The Hall–Kier alpha value is -5.86. The van der Waals surface area contributed by atoms with Crippen molar-refractivity contribution < 1.29 is 0 Å². The smallest absolute Gasteiger partial charge is 0.0519 e. The first-order valence-electron chi connectivity index (χ1n) is 19.3. The van der Waals surface area contributed by atoms with Crippen LogP contribution in [-0.2, 0) is 0 Å². The number of anilines is 1. The maximum atomic E-state index is 4.05. The molecule has 4 aliphatic carbocycles. The van der Waals surface area contributed by atoms with Crippen molar-refractivity contribution in [2.45, 2.75) is 42.7 Å². The van der Waals surface area contributed by atoms with Crippen LogP contribution in [0.15, 0.2) is 176 Å². The molecule has 0 amide bonds. The zero-order chi connectivity index (χ0) is 35.1. The molecule has 0 spiro atoms. The van der Waals surface area contributed by atoms with Crippen molar-refractivity contribution in [1.29, 1.82) is 0 Å². The number of benzene rings is 5. The molecule has 5 aromatic rings. The molecule has 2 nitrogen and oxygen atoms in total. The Labute approximate surface area is 313 Å². The fourth-order valence-electron chi connectivity index (χ4n) is 9.70. The third-order valence-electron chi connectivity index (χ3n) is 12.3. The molecule has 5 aromatic carbocycles. The van der Waals surface area contributed by atoms with Gasteiger partial charge in [-0.2, -0.15) is 0 Å². The Morgan fingerprint density at radius 3 is 2.19 bits per heavy atom. The summed E-state index contributed by atoms with van der Waals surface area (Å²) in [4.78, 5) is 0. The van der Waals surface area contributed by atoms with Crippen LogP contribution in [0, 0.1) is 11.8 Å². The molecule has 258 valence electrons. The van der Waals surface area contributed by atoms with Crippen LogP contribution in [-0.4, -0.2) is 6.04 Å². The van der Waals surface area contributed by atoms with E-state index in [-0.39, 0.29) is 12.1 Å². The van der Waals surface area contributed by atoms with Gasteiger partial charge in [0, 0.05) is 35.1 Å². The van der Waals surface area contributed by atoms with Crippen LogP contribution < -0.4 is 21.1 Å². The first-order valence-corrected chi connectivity index (χ1v) is 19.3. The molecule has 0 saturated carbocycles. The molecule has 0 fully saturated rings. The predicted molar refractivity (Wildman–Crippen MR) is 221 cm³/mol. The molecule has 1 heterocycles. The quantitative estimate of drug-likeness (QED) is 0.186. The van der Waals surface area contributed by atoms with Crippen molar-refractivity contribution in [3.05, 3.63) is 219 Å². The second-order valence-corrected chi connectivity index (χ2v) is 15.3. The number of nitrogens with one attached hydrogen (secondary N) is 2. The van der Waals surface area contributed by atoms with Crippen molar-refractivity contribution >= 4 is 29.5 Å². The van der Waals surface area contributed by atoms with E-state index in [2.05, 4.69) is 199 Å². The van der Waals surface area contributed by atoms with E-state index in [1.807, 2.05) is 0 Å². The third kappa shape index (κ3) is 5.93. The van der Waals surface area contributed by atoms with Crippen LogP contribution in [0.25, 0.3) is 23.8 Å². The first kappa shape index (κ1) is 31.8. The van der Waals surface area contributed by atoms with Crippen LogP contribution >= 0.6 is 0 Å². The molecule has 2 N–H and O–H groups in total. The molecular weight excluding hydrogens is 641 g/mol. The number of rotatable bonds is 6. The summed E-state index contributed by atoms with van der Waals surface area (Å²) in [6.45, 7) is 0. The third-order valence-corrected chi connectivity index (χ3v) is 12.3. The number of fused-ring (bicyclic) bond motifs is 5. The lowest BCUT2D eigenvalue weighted by Crippen LogP contribution is -2.42. The molecule has 53 heavy (non-hydrogen) atoms. The maximum Gasteiger partial charge on any atom is 0.0519 e. The first-order chi connectivity index (χ1) is 26.3. The minimum absolute atomic E-state index is 0.168. The van der Waals surface area contributed by atoms with E-state index < -0.39 is 0 Å². The van der Waals surface area contributed by atoms with Gasteiger partial charge in [0.05, 0.1) is 12.1 Å². The van der Waals surface area contributed by atoms with E-state index in [0.29, 0.717) is 29.6 Å². The van der Waals surface area contributed by atoms with Gasteiger partial charge in [-0.1, -0.05) is 176 Å². The highest BCUT2D eigenvalue weighted by Gasteiger charge is 2.38. The molecule has 0 radical (unpaired) electrons. The van der Waals surface area contributed by atoms with E-state index in [0.717, 1.165) is 18.5 Å². The van der Waals surface area contributed by atoms with Crippen LogP contribution in [0.3, 0.4) is 0 Å². The predicted octanol–water partition coefficient (Wildman–Crippen LogP) is 10.2. The van der Waals surface area contributed by atoms with Gasteiger partial charge >= 0.3 is 0 Å². The van der Waals surface area contributed by atoms with Crippen LogP contribution in [0.1, 0.15) is 70.0 Å². The van der Waals surface area contributed by atoms with E-state index in [4.69, 9.17) is 0 Å². The van der Waals surface area contributed by atoms with Crippen molar-refractivity contribution in [3.63, 3.8) is 0 Å². The highest BCUT2D eigenvalue weighted by Crippen LogP contribution is 2.46. The van der Waals surface area contributed by atoms with Gasteiger partial charge in [-0.25, -0.2) is 0 Å². The van der Waals surface area contributed by atoms with Crippen molar-refractivity contribution in [1.82, 2.24) is 5.32 Å². The summed E-state index contributed by atoms with van der Waals surface area (Å²) in [6, 6.07) is 47.5. The lowest BCUT2D eigenvalue weighted by Gasteiger charge is -2.40. The van der Waals surface area contributed by atoms with Gasteiger partial charge in [0.1, 0.15) is 0 Å². The summed E-state index contributed by atoms with van der Waals surface area (Å²) in [5.74, 6) is 1.60. The monoisotopic (exact) mass is 684 g/mol. The van der Waals surface area contributed by atoms with Gasteiger partial charge in [0.25, 0.3) is 0 Å². The average Bonchev–Trinajstić information content (AvgIpc) is 3.23. The van der Waals surface area contributed by atoms with Gasteiger partial charge in [-0.05, 0) is 80.3 Å². The molecule has 0 aromatic heterocycles. The number of hydrogen-bond acceptors (Lipinski definition) is 2. The van der Waals surface area contributed by atoms with E-state index in [1.54, 1.807) is 0 Å². The Bertz CT molecular complexity index is 2440. The lowest BCUT2D eigenvalue weighted by atomic mass is 9.66. The Morgan fingerprint density at radius 2 is 1.32 bits per heavy atom. The fourth-order valence-corrected chi connectivity index (χ4v) is 9.70. The Balaban J connectivity index is 0.934. The molecule has 0 bridgehead atoms. The number of hydrogen-bond donors (Lipinski definition) is 2. The van der Waals surface area contributed by atoms with Crippen molar-refractivity contribution in [2.75, 3.05) is 5.32 Å². The fraction of sp³-hybridized carbons (Fsp3) is 0.176. The van der Waals surface area contributed by atoms with Crippen LogP contribution in [0.5, 0.6) is 0 Å². The van der Waals surface area contributed by atoms with E-state index in [9.17, 15) is 0 Å². The molecule has 10 rings (SSSR count).